The fourth-order valence-corrected chi connectivity index (χ4v) is 5.29. The van der Waals surface area contributed by atoms with Crippen molar-refractivity contribution in [2.45, 2.75) is 50.1 Å². The van der Waals surface area contributed by atoms with Gasteiger partial charge in [0.05, 0.1) is 12.5 Å². The highest BCUT2D eigenvalue weighted by Crippen LogP contribution is 2.40. The predicted molar refractivity (Wildman–Crippen MR) is 72.0 cm³/mol. The van der Waals surface area contributed by atoms with Gasteiger partial charge >= 0.3 is 0 Å². The van der Waals surface area contributed by atoms with Crippen LogP contribution in [-0.4, -0.2) is 35.3 Å². The third-order valence-electron chi connectivity index (χ3n) is 4.75. The maximum absolute atomic E-state index is 12.7. The summed E-state index contributed by atoms with van der Waals surface area (Å²) in [5.74, 6) is 1.17. The number of H-pyrrole nitrogens is 1. The monoisotopic (exact) mass is 283 g/mol. The summed E-state index contributed by atoms with van der Waals surface area (Å²) in [6, 6.07) is 0.186. The van der Waals surface area contributed by atoms with E-state index in [1.54, 1.807) is 4.31 Å². The van der Waals surface area contributed by atoms with Gasteiger partial charge in [-0.05, 0) is 31.1 Å². The van der Waals surface area contributed by atoms with Crippen molar-refractivity contribution in [1.82, 2.24) is 14.3 Å². The third kappa shape index (κ3) is 2.21. The van der Waals surface area contributed by atoms with E-state index in [4.69, 9.17) is 0 Å². The molecule has 6 heteroatoms. The number of hydrogen-bond acceptors (Lipinski definition) is 3. The van der Waals surface area contributed by atoms with Crippen LogP contribution in [0.1, 0.15) is 39.0 Å². The van der Waals surface area contributed by atoms with Crippen LogP contribution in [0.3, 0.4) is 0 Å². The minimum atomic E-state index is -3.40. The Labute approximate surface area is 114 Å². The van der Waals surface area contributed by atoms with Crippen LogP contribution in [0, 0.1) is 11.8 Å². The van der Waals surface area contributed by atoms with Crippen LogP contribution in [0.15, 0.2) is 17.6 Å². The SMILES string of the molecule is CC1CCN(S(=O)(=O)c2cnc[nH]2)C2CCCCC12. The summed E-state index contributed by atoms with van der Waals surface area (Å²) in [6.45, 7) is 2.91. The molecule has 19 heavy (non-hydrogen) atoms. The number of aromatic nitrogens is 2. The van der Waals surface area contributed by atoms with E-state index in [0.717, 1.165) is 19.3 Å². The zero-order chi connectivity index (χ0) is 13.5. The molecule has 1 aromatic heterocycles. The first-order valence-corrected chi connectivity index (χ1v) is 8.55. The number of rotatable bonds is 2. The first-order chi connectivity index (χ1) is 9.10. The van der Waals surface area contributed by atoms with Crippen molar-refractivity contribution >= 4 is 10.0 Å². The average molecular weight is 283 g/mol. The second kappa shape index (κ2) is 4.90. The Kier molecular flexibility index (Phi) is 3.39. The molecule has 0 amide bonds. The Balaban J connectivity index is 1.92. The highest BCUT2D eigenvalue weighted by atomic mass is 32.2. The molecule has 1 saturated heterocycles. The summed E-state index contributed by atoms with van der Waals surface area (Å²) < 4.78 is 27.1. The molecule has 0 aromatic carbocycles. The molecule has 1 N–H and O–H groups in total. The highest BCUT2D eigenvalue weighted by molar-refractivity contribution is 7.89. The van der Waals surface area contributed by atoms with Crippen molar-refractivity contribution in [3.63, 3.8) is 0 Å². The lowest BCUT2D eigenvalue weighted by atomic mass is 9.74. The molecule has 1 aliphatic carbocycles. The minimum Gasteiger partial charge on any atom is -0.335 e. The fourth-order valence-electron chi connectivity index (χ4n) is 3.68. The van der Waals surface area contributed by atoms with Crippen LogP contribution in [-0.2, 0) is 10.0 Å². The molecule has 0 spiro atoms. The summed E-state index contributed by atoms with van der Waals surface area (Å²) in [6.07, 6.45) is 8.35. The summed E-state index contributed by atoms with van der Waals surface area (Å²) in [7, 11) is -3.40. The summed E-state index contributed by atoms with van der Waals surface area (Å²) in [5, 5.41) is 0.228. The van der Waals surface area contributed by atoms with Gasteiger partial charge in [-0.15, -0.1) is 0 Å². The van der Waals surface area contributed by atoms with Crippen molar-refractivity contribution in [2.24, 2.45) is 11.8 Å². The van der Waals surface area contributed by atoms with E-state index < -0.39 is 10.0 Å². The molecular formula is C13H21N3O2S. The van der Waals surface area contributed by atoms with Gasteiger partial charge in [0.15, 0.2) is 5.03 Å². The molecule has 1 saturated carbocycles. The van der Waals surface area contributed by atoms with Gasteiger partial charge < -0.3 is 4.98 Å². The van der Waals surface area contributed by atoms with E-state index >= 15 is 0 Å². The molecule has 3 unspecified atom stereocenters. The minimum absolute atomic E-state index is 0.186. The number of aromatic amines is 1. The molecule has 0 bridgehead atoms. The van der Waals surface area contributed by atoms with Gasteiger partial charge in [-0.2, -0.15) is 4.31 Å². The summed E-state index contributed by atoms with van der Waals surface area (Å²) in [5.41, 5.74) is 0. The van der Waals surface area contributed by atoms with Crippen LogP contribution in [0.2, 0.25) is 0 Å². The Morgan fingerprint density at radius 3 is 2.84 bits per heavy atom. The lowest BCUT2D eigenvalue weighted by Gasteiger charge is -2.46. The molecule has 1 aliphatic heterocycles. The maximum atomic E-state index is 12.7. The van der Waals surface area contributed by atoms with Crippen molar-refractivity contribution in [1.29, 1.82) is 0 Å². The summed E-state index contributed by atoms with van der Waals surface area (Å²) >= 11 is 0. The fraction of sp³-hybridized carbons (Fsp3) is 0.769. The highest BCUT2D eigenvalue weighted by Gasteiger charge is 2.43. The van der Waals surface area contributed by atoms with Crippen LogP contribution < -0.4 is 0 Å². The summed E-state index contributed by atoms with van der Waals surface area (Å²) in [4.78, 5) is 6.58. The predicted octanol–water partition coefficient (Wildman–Crippen LogP) is 2.00. The van der Waals surface area contributed by atoms with Crippen molar-refractivity contribution in [3.05, 3.63) is 12.5 Å². The maximum Gasteiger partial charge on any atom is 0.260 e. The van der Waals surface area contributed by atoms with Gasteiger partial charge in [-0.1, -0.05) is 19.8 Å². The second-order valence-corrected chi connectivity index (χ2v) is 7.67. The number of hydrogen-bond donors (Lipinski definition) is 1. The molecule has 2 fully saturated rings. The molecule has 2 aliphatic rings. The van der Waals surface area contributed by atoms with E-state index in [0.29, 0.717) is 18.4 Å². The lowest BCUT2D eigenvalue weighted by molar-refractivity contribution is 0.0825. The zero-order valence-electron chi connectivity index (χ0n) is 11.2. The smallest absolute Gasteiger partial charge is 0.260 e. The van der Waals surface area contributed by atoms with E-state index in [1.807, 2.05) is 0 Å². The van der Waals surface area contributed by atoms with Crippen molar-refractivity contribution in [3.8, 4) is 0 Å². The Hall–Kier alpha value is -0.880. The molecule has 3 atom stereocenters. The van der Waals surface area contributed by atoms with E-state index in [-0.39, 0.29) is 11.1 Å². The van der Waals surface area contributed by atoms with Crippen LogP contribution in [0.25, 0.3) is 0 Å². The Morgan fingerprint density at radius 1 is 1.32 bits per heavy atom. The van der Waals surface area contributed by atoms with E-state index in [9.17, 15) is 8.42 Å². The van der Waals surface area contributed by atoms with Crippen LogP contribution >= 0.6 is 0 Å². The van der Waals surface area contributed by atoms with E-state index in [1.165, 1.54) is 25.4 Å². The number of sulfonamides is 1. The molecule has 0 radical (unpaired) electrons. The van der Waals surface area contributed by atoms with E-state index in [2.05, 4.69) is 16.9 Å². The Bertz CT molecular complexity index is 526. The zero-order valence-corrected chi connectivity index (χ0v) is 12.1. The number of fused-ring (bicyclic) bond motifs is 1. The molecule has 1 aromatic rings. The number of nitrogens with zero attached hydrogens (tertiary/aromatic N) is 2. The van der Waals surface area contributed by atoms with Gasteiger partial charge in [-0.3, -0.25) is 0 Å². The largest absolute Gasteiger partial charge is 0.335 e. The number of imidazole rings is 1. The van der Waals surface area contributed by atoms with Crippen molar-refractivity contribution < 1.29 is 8.42 Å². The second-order valence-electron chi connectivity index (χ2n) is 5.81. The molecular weight excluding hydrogens is 262 g/mol. The van der Waals surface area contributed by atoms with Gasteiger partial charge in [0.1, 0.15) is 0 Å². The molecule has 5 nitrogen and oxygen atoms in total. The van der Waals surface area contributed by atoms with Crippen molar-refractivity contribution in [2.75, 3.05) is 6.54 Å². The van der Waals surface area contributed by atoms with Crippen LogP contribution in [0.4, 0.5) is 0 Å². The topological polar surface area (TPSA) is 66.1 Å². The van der Waals surface area contributed by atoms with Gasteiger partial charge in [0.25, 0.3) is 10.0 Å². The number of piperidine rings is 1. The molecule has 3 rings (SSSR count). The molecule has 2 heterocycles. The first-order valence-electron chi connectivity index (χ1n) is 7.11. The van der Waals surface area contributed by atoms with Crippen LogP contribution in [0.5, 0.6) is 0 Å². The quantitative estimate of drug-likeness (QED) is 0.902. The first kappa shape index (κ1) is 13.1. The average Bonchev–Trinajstić information content (AvgIpc) is 2.94. The molecule has 106 valence electrons. The lowest BCUT2D eigenvalue weighted by Crippen LogP contribution is -2.52. The number of nitrogens with one attached hydrogen (secondary N) is 1. The normalized spacial score (nSPS) is 33.0. The van der Waals surface area contributed by atoms with Gasteiger partial charge in [0.2, 0.25) is 0 Å². The third-order valence-corrected chi connectivity index (χ3v) is 6.60. The Morgan fingerprint density at radius 2 is 2.11 bits per heavy atom. The standard InChI is InChI=1S/C13H21N3O2S/c1-10-6-7-16(12-5-3-2-4-11(10)12)19(17,18)13-8-14-9-15-13/h8-12H,2-7H2,1H3,(H,14,15). The van der Waals surface area contributed by atoms with Gasteiger partial charge in [-0.25, -0.2) is 13.4 Å². The van der Waals surface area contributed by atoms with Gasteiger partial charge in [0, 0.05) is 12.6 Å².